The number of amides is 2. The zero-order valence-corrected chi connectivity index (χ0v) is 15.9. The number of para-hydroxylation sites is 1. The van der Waals surface area contributed by atoms with Gasteiger partial charge in [-0.1, -0.05) is 18.2 Å². The highest BCUT2D eigenvalue weighted by Gasteiger charge is 2.29. The minimum absolute atomic E-state index is 0.00210. The van der Waals surface area contributed by atoms with E-state index >= 15 is 0 Å². The van der Waals surface area contributed by atoms with Gasteiger partial charge in [-0.25, -0.2) is 0 Å². The molecule has 1 aromatic heterocycles. The Bertz CT molecular complexity index is 822. The second-order valence-electron chi connectivity index (χ2n) is 6.75. The highest BCUT2D eigenvalue weighted by molar-refractivity contribution is 8.00. The zero-order valence-electron chi connectivity index (χ0n) is 15.1. The molecule has 0 atom stereocenters. The Hall–Kier alpha value is -2.38. The summed E-state index contributed by atoms with van der Waals surface area (Å²) in [4.78, 5) is 36.2. The summed E-state index contributed by atoms with van der Waals surface area (Å²) in [5.74, 6) is 0.414. The highest BCUT2D eigenvalue weighted by Crippen LogP contribution is 2.34. The fourth-order valence-corrected chi connectivity index (χ4v) is 4.40. The van der Waals surface area contributed by atoms with Gasteiger partial charge in [0.25, 0.3) is 0 Å². The van der Waals surface area contributed by atoms with Gasteiger partial charge < -0.3 is 9.80 Å². The van der Waals surface area contributed by atoms with Crippen molar-refractivity contribution in [1.82, 2.24) is 14.8 Å². The van der Waals surface area contributed by atoms with Gasteiger partial charge in [0.15, 0.2) is 0 Å². The van der Waals surface area contributed by atoms with Crippen molar-refractivity contribution in [2.24, 2.45) is 0 Å². The third-order valence-electron chi connectivity index (χ3n) is 4.96. The van der Waals surface area contributed by atoms with E-state index < -0.39 is 0 Å². The maximum absolute atomic E-state index is 12.8. The number of piperazine rings is 1. The van der Waals surface area contributed by atoms with Crippen LogP contribution in [-0.2, 0) is 16.1 Å². The van der Waals surface area contributed by atoms with E-state index in [2.05, 4.69) is 16.0 Å². The largest absolute Gasteiger partial charge is 0.339 e. The van der Waals surface area contributed by atoms with E-state index in [0.29, 0.717) is 18.8 Å². The third-order valence-corrected chi connectivity index (χ3v) is 6.00. The second kappa shape index (κ2) is 8.10. The maximum atomic E-state index is 12.8. The van der Waals surface area contributed by atoms with E-state index in [4.69, 9.17) is 0 Å². The minimum Gasteiger partial charge on any atom is -0.339 e. The predicted octanol–water partition coefficient (Wildman–Crippen LogP) is 1.86. The number of fused-ring (bicyclic) bond motifs is 1. The van der Waals surface area contributed by atoms with Gasteiger partial charge >= 0.3 is 0 Å². The lowest BCUT2D eigenvalue weighted by molar-refractivity contribution is -0.132. The Morgan fingerprint density at radius 3 is 2.67 bits per heavy atom. The molecule has 140 valence electrons. The van der Waals surface area contributed by atoms with Gasteiger partial charge in [-0.2, -0.15) is 0 Å². The Kier molecular flexibility index (Phi) is 5.40. The number of benzene rings is 1. The number of pyridine rings is 1. The number of rotatable bonds is 4. The first-order chi connectivity index (χ1) is 13.2. The van der Waals surface area contributed by atoms with Gasteiger partial charge in [-0.3, -0.25) is 19.5 Å². The summed E-state index contributed by atoms with van der Waals surface area (Å²) in [6, 6.07) is 11.8. The normalized spacial score (nSPS) is 17.7. The molecule has 1 fully saturated rings. The third kappa shape index (κ3) is 4.14. The molecule has 0 spiro atoms. The van der Waals surface area contributed by atoms with Crippen molar-refractivity contribution in [1.29, 1.82) is 0 Å². The number of hydrogen-bond acceptors (Lipinski definition) is 5. The first-order valence-corrected chi connectivity index (χ1v) is 10.1. The number of anilines is 1. The fraction of sp³-hybridized carbons (Fsp3) is 0.350. The molecule has 0 unspecified atom stereocenters. The van der Waals surface area contributed by atoms with Gasteiger partial charge in [-0.15, -0.1) is 11.8 Å². The minimum atomic E-state index is 0.00210. The topological polar surface area (TPSA) is 56.8 Å². The Balaban J connectivity index is 1.34. The summed E-state index contributed by atoms with van der Waals surface area (Å²) in [5, 5.41) is 0. The molecule has 7 heteroatoms. The molecule has 27 heavy (non-hydrogen) atoms. The molecule has 1 saturated heterocycles. The summed E-state index contributed by atoms with van der Waals surface area (Å²) < 4.78 is 0. The lowest BCUT2D eigenvalue weighted by Crippen LogP contribution is -2.52. The van der Waals surface area contributed by atoms with Crippen LogP contribution in [0.2, 0.25) is 0 Å². The van der Waals surface area contributed by atoms with Crippen LogP contribution in [0.4, 0.5) is 5.69 Å². The van der Waals surface area contributed by atoms with Crippen LogP contribution in [-0.4, -0.2) is 65.1 Å². The molecule has 1 aromatic carbocycles. The van der Waals surface area contributed by atoms with Crippen molar-refractivity contribution in [2.45, 2.75) is 11.4 Å². The van der Waals surface area contributed by atoms with Crippen molar-refractivity contribution in [3.8, 4) is 0 Å². The Labute approximate surface area is 163 Å². The number of hydrogen-bond donors (Lipinski definition) is 0. The molecule has 3 heterocycles. The molecule has 0 N–H and O–H groups in total. The van der Waals surface area contributed by atoms with E-state index in [1.54, 1.807) is 11.1 Å². The summed E-state index contributed by atoms with van der Waals surface area (Å²) in [5.41, 5.74) is 2.03. The maximum Gasteiger partial charge on any atom is 0.242 e. The molecule has 0 saturated carbocycles. The summed E-state index contributed by atoms with van der Waals surface area (Å²) in [7, 11) is 0. The molecule has 0 aliphatic carbocycles. The van der Waals surface area contributed by atoms with Crippen molar-refractivity contribution < 1.29 is 9.59 Å². The molecule has 2 aliphatic heterocycles. The molecular formula is C20H22N4O2S. The lowest BCUT2D eigenvalue weighted by atomic mass is 10.2. The average Bonchev–Trinajstić information content (AvgIpc) is 2.71. The van der Waals surface area contributed by atoms with Gasteiger partial charge in [0.2, 0.25) is 11.8 Å². The van der Waals surface area contributed by atoms with Gasteiger partial charge in [-0.05, 0) is 23.8 Å². The summed E-state index contributed by atoms with van der Waals surface area (Å²) >= 11 is 1.54. The predicted molar refractivity (Wildman–Crippen MR) is 106 cm³/mol. The number of nitrogens with zero attached hydrogens (tertiary/aromatic N) is 4. The number of thioether (sulfide) groups is 1. The van der Waals surface area contributed by atoms with Crippen LogP contribution in [0, 0.1) is 0 Å². The van der Waals surface area contributed by atoms with Crippen LogP contribution < -0.4 is 4.90 Å². The number of aromatic nitrogens is 1. The van der Waals surface area contributed by atoms with Crippen LogP contribution in [0.3, 0.4) is 0 Å². The van der Waals surface area contributed by atoms with Crippen LogP contribution in [0.25, 0.3) is 0 Å². The van der Waals surface area contributed by atoms with E-state index in [1.807, 2.05) is 41.4 Å². The van der Waals surface area contributed by atoms with Crippen LogP contribution >= 0.6 is 11.8 Å². The summed E-state index contributed by atoms with van der Waals surface area (Å²) in [6.45, 7) is 4.03. The molecule has 2 aliphatic rings. The van der Waals surface area contributed by atoms with Crippen LogP contribution in [0.1, 0.15) is 5.56 Å². The van der Waals surface area contributed by atoms with Crippen molar-refractivity contribution in [3.05, 3.63) is 54.4 Å². The molecule has 0 bridgehead atoms. The zero-order chi connectivity index (χ0) is 18.6. The molecule has 4 rings (SSSR count). The average molecular weight is 382 g/mol. The standard InChI is InChI=1S/C20H22N4O2S/c25-19(14-24-17-5-1-2-6-18(17)27-15-20(24)26)23-10-8-22(9-11-23)13-16-4-3-7-21-12-16/h1-7,12H,8-11,13-15H2. The van der Waals surface area contributed by atoms with Crippen LogP contribution in [0.15, 0.2) is 53.7 Å². The lowest BCUT2D eigenvalue weighted by Gasteiger charge is -2.36. The van der Waals surface area contributed by atoms with Crippen molar-refractivity contribution in [3.63, 3.8) is 0 Å². The molecule has 6 nitrogen and oxygen atoms in total. The van der Waals surface area contributed by atoms with Crippen molar-refractivity contribution in [2.75, 3.05) is 43.4 Å². The van der Waals surface area contributed by atoms with E-state index in [1.165, 1.54) is 17.3 Å². The monoisotopic (exact) mass is 382 g/mol. The van der Waals surface area contributed by atoms with Gasteiger partial charge in [0.05, 0.1) is 11.4 Å². The Morgan fingerprint density at radius 2 is 1.89 bits per heavy atom. The molecule has 2 amide bonds. The van der Waals surface area contributed by atoms with Gasteiger partial charge in [0, 0.05) is 50.0 Å². The summed E-state index contributed by atoms with van der Waals surface area (Å²) in [6.07, 6.45) is 3.66. The van der Waals surface area contributed by atoms with Crippen molar-refractivity contribution >= 4 is 29.3 Å². The van der Waals surface area contributed by atoms with E-state index in [0.717, 1.165) is 30.2 Å². The second-order valence-corrected chi connectivity index (χ2v) is 7.77. The molecular weight excluding hydrogens is 360 g/mol. The Morgan fingerprint density at radius 1 is 1.07 bits per heavy atom. The van der Waals surface area contributed by atoms with Crippen LogP contribution in [0.5, 0.6) is 0 Å². The van der Waals surface area contributed by atoms with E-state index in [-0.39, 0.29) is 18.4 Å². The molecule has 2 aromatic rings. The quantitative estimate of drug-likeness (QED) is 0.808. The highest BCUT2D eigenvalue weighted by atomic mass is 32.2. The first-order valence-electron chi connectivity index (χ1n) is 9.12. The number of carbonyl (C=O) groups is 2. The SMILES string of the molecule is O=C(CN1C(=O)CSc2ccccc21)N1CCN(Cc2cccnc2)CC1. The first kappa shape index (κ1) is 18.0. The number of carbonyl (C=O) groups excluding carboxylic acids is 2. The fourth-order valence-electron chi connectivity index (χ4n) is 3.47. The molecule has 0 radical (unpaired) electrons. The van der Waals surface area contributed by atoms with E-state index in [9.17, 15) is 9.59 Å². The van der Waals surface area contributed by atoms with Gasteiger partial charge in [0.1, 0.15) is 6.54 Å². The smallest absolute Gasteiger partial charge is 0.242 e.